The lowest BCUT2D eigenvalue weighted by Gasteiger charge is -2.03. The van der Waals surface area contributed by atoms with Crippen LogP contribution in [0.25, 0.3) is 11.3 Å². The van der Waals surface area contributed by atoms with Gasteiger partial charge in [0, 0.05) is 23.9 Å². The number of oxazole rings is 1. The highest BCUT2D eigenvalue weighted by molar-refractivity contribution is 5.54. The lowest BCUT2D eigenvalue weighted by molar-refractivity contribution is 0.452. The van der Waals surface area contributed by atoms with Crippen molar-refractivity contribution in [2.75, 3.05) is 0 Å². The molecule has 0 fully saturated rings. The maximum absolute atomic E-state index is 5.75. The average molecular weight is 216 g/mol. The summed E-state index contributed by atoms with van der Waals surface area (Å²) in [4.78, 5) is 8.30. The standard InChI is InChI=1S/C13H16N2O/c1-3-4-10(2)13-15-9-12(16-13)11-5-7-14-8-6-11/h5-10H,3-4H2,1-2H3. The normalized spacial score (nSPS) is 12.6. The molecule has 2 heterocycles. The first-order valence-electron chi connectivity index (χ1n) is 5.67. The predicted molar refractivity (Wildman–Crippen MR) is 63.1 cm³/mol. The van der Waals surface area contributed by atoms with Gasteiger partial charge in [0.15, 0.2) is 11.7 Å². The fraction of sp³-hybridized carbons (Fsp3) is 0.385. The van der Waals surface area contributed by atoms with Crippen molar-refractivity contribution in [2.24, 2.45) is 0 Å². The Morgan fingerprint density at radius 3 is 2.75 bits per heavy atom. The van der Waals surface area contributed by atoms with E-state index in [-0.39, 0.29) is 0 Å². The van der Waals surface area contributed by atoms with Crippen LogP contribution < -0.4 is 0 Å². The van der Waals surface area contributed by atoms with Crippen molar-refractivity contribution in [1.82, 2.24) is 9.97 Å². The van der Waals surface area contributed by atoms with E-state index in [1.54, 1.807) is 18.6 Å². The summed E-state index contributed by atoms with van der Waals surface area (Å²) in [6.45, 7) is 4.31. The van der Waals surface area contributed by atoms with E-state index in [2.05, 4.69) is 23.8 Å². The molecule has 0 radical (unpaired) electrons. The first-order chi connectivity index (χ1) is 7.81. The molecule has 0 N–H and O–H groups in total. The topological polar surface area (TPSA) is 38.9 Å². The van der Waals surface area contributed by atoms with Crippen molar-refractivity contribution < 1.29 is 4.42 Å². The highest BCUT2D eigenvalue weighted by Gasteiger charge is 2.12. The largest absolute Gasteiger partial charge is 0.440 e. The highest BCUT2D eigenvalue weighted by atomic mass is 16.4. The lowest BCUT2D eigenvalue weighted by Crippen LogP contribution is -1.91. The Bertz CT molecular complexity index is 436. The van der Waals surface area contributed by atoms with E-state index in [0.717, 1.165) is 30.1 Å². The Morgan fingerprint density at radius 2 is 2.06 bits per heavy atom. The molecule has 84 valence electrons. The molecular formula is C13H16N2O. The van der Waals surface area contributed by atoms with Gasteiger partial charge in [-0.05, 0) is 18.6 Å². The average Bonchev–Trinajstić information content (AvgIpc) is 2.80. The summed E-state index contributed by atoms with van der Waals surface area (Å²) in [5, 5.41) is 0. The van der Waals surface area contributed by atoms with Crippen molar-refractivity contribution in [1.29, 1.82) is 0 Å². The molecule has 0 amide bonds. The summed E-state index contributed by atoms with van der Waals surface area (Å²) < 4.78 is 5.75. The summed E-state index contributed by atoms with van der Waals surface area (Å²) >= 11 is 0. The van der Waals surface area contributed by atoms with Gasteiger partial charge in [0.1, 0.15) is 0 Å². The molecule has 3 nitrogen and oxygen atoms in total. The van der Waals surface area contributed by atoms with E-state index < -0.39 is 0 Å². The second-order valence-electron chi connectivity index (χ2n) is 3.99. The van der Waals surface area contributed by atoms with E-state index in [9.17, 15) is 0 Å². The fourth-order valence-electron chi connectivity index (χ4n) is 1.72. The second-order valence-corrected chi connectivity index (χ2v) is 3.99. The summed E-state index contributed by atoms with van der Waals surface area (Å²) in [5.41, 5.74) is 1.03. The van der Waals surface area contributed by atoms with Crippen LogP contribution in [0.4, 0.5) is 0 Å². The zero-order valence-electron chi connectivity index (χ0n) is 9.68. The maximum atomic E-state index is 5.75. The molecule has 0 aliphatic rings. The molecule has 0 saturated carbocycles. The van der Waals surface area contributed by atoms with E-state index in [4.69, 9.17) is 4.42 Å². The summed E-state index contributed by atoms with van der Waals surface area (Å²) in [5.74, 6) is 2.04. The van der Waals surface area contributed by atoms with Gasteiger partial charge < -0.3 is 4.42 Å². The van der Waals surface area contributed by atoms with Gasteiger partial charge in [-0.1, -0.05) is 20.3 Å². The quantitative estimate of drug-likeness (QED) is 0.783. The number of nitrogens with zero attached hydrogens (tertiary/aromatic N) is 2. The summed E-state index contributed by atoms with van der Waals surface area (Å²) in [6, 6.07) is 3.85. The van der Waals surface area contributed by atoms with Crippen LogP contribution in [0.3, 0.4) is 0 Å². The van der Waals surface area contributed by atoms with Crippen molar-refractivity contribution in [3.63, 3.8) is 0 Å². The SMILES string of the molecule is CCCC(C)c1ncc(-c2ccncc2)o1. The number of aromatic nitrogens is 2. The van der Waals surface area contributed by atoms with Crippen LogP contribution in [0.15, 0.2) is 35.1 Å². The van der Waals surface area contributed by atoms with Crippen LogP contribution in [-0.4, -0.2) is 9.97 Å². The minimum Gasteiger partial charge on any atom is -0.440 e. The van der Waals surface area contributed by atoms with Gasteiger partial charge in [-0.15, -0.1) is 0 Å². The number of hydrogen-bond acceptors (Lipinski definition) is 3. The Morgan fingerprint density at radius 1 is 1.31 bits per heavy atom. The van der Waals surface area contributed by atoms with Crippen LogP contribution in [0.5, 0.6) is 0 Å². The fourth-order valence-corrected chi connectivity index (χ4v) is 1.72. The van der Waals surface area contributed by atoms with E-state index in [0.29, 0.717) is 5.92 Å². The smallest absolute Gasteiger partial charge is 0.197 e. The summed E-state index contributed by atoms with van der Waals surface area (Å²) in [6.07, 6.45) is 7.56. The molecule has 3 heteroatoms. The minimum absolute atomic E-state index is 0.389. The van der Waals surface area contributed by atoms with Crippen LogP contribution in [-0.2, 0) is 0 Å². The van der Waals surface area contributed by atoms with Crippen LogP contribution in [0.2, 0.25) is 0 Å². The second kappa shape index (κ2) is 4.92. The third kappa shape index (κ3) is 2.30. The van der Waals surface area contributed by atoms with Gasteiger partial charge >= 0.3 is 0 Å². The molecule has 0 aliphatic carbocycles. The molecule has 0 spiro atoms. The maximum Gasteiger partial charge on any atom is 0.197 e. The monoisotopic (exact) mass is 216 g/mol. The minimum atomic E-state index is 0.389. The molecule has 1 atom stereocenters. The van der Waals surface area contributed by atoms with E-state index in [1.165, 1.54) is 0 Å². The number of hydrogen-bond donors (Lipinski definition) is 0. The summed E-state index contributed by atoms with van der Waals surface area (Å²) in [7, 11) is 0. The lowest BCUT2D eigenvalue weighted by atomic mass is 10.1. The molecular weight excluding hydrogens is 200 g/mol. The predicted octanol–water partition coefficient (Wildman–Crippen LogP) is 3.64. The van der Waals surface area contributed by atoms with E-state index in [1.807, 2.05) is 12.1 Å². The molecule has 2 rings (SSSR count). The molecule has 2 aromatic rings. The van der Waals surface area contributed by atoms with Gasteiger partial charge in [0.25, 0.3) is 0 Å². The number of pyridine rings is 1. The van der Waals surface area contributed by atoms with Gasteiger partial charge in [-0.2, -0.15) is 0 Å². The zero-order valence-corrected chi connectivity index (χ0v) is 9.68. The van der Waals surface area contributed by atoms with Crippen molar-refractivity contribution in [3.8, 4) is 11.3 Å². The first kappa shape index (κ1) is 10.9. The first-order valence-corrected chi connectivity index (χ1v) is 5.67. The van der Waals surface area contributed by atoms with Crippen LogP contribution >= 0.6 is 0 Å². The molecule has 2 aromatic heterocycles. The van der Waals surface area contributed by atoms with Crippen molar-refractivity contribution in [2.45, 2.75) is 32.6 Å². The molecule has 0 saturated heterocycles. The molecule has 0 aromatic carbocycles. The van der Waals surface area contributed by atoms with Crippen molar-refractivity contribution in [3.05, 3.63) is 36.6 Å². The Labute approximate surface area is 95.5 Å². The van der Waals surface area contributed by atoms with Gasteiger partial charge in [-0.3, -0.25) is 4.98 Å². The molecule has 0 aliphatic heterocycles. The highest BCUT2D eigenvalue weighted by Crippen LogP contribution is 2.25. The molecule has 0 bridgehead atoms. The van der Waals surface area contributed by atoms with Crippen LogP contribution in [0, 0.1) is 0 Å². The third-order valence-corrected chi connectivity index (χ3v) is 2.63. The van der Waals surface area contributed by atoms with Gasteiger partial charge in [0.2, 0.25) is 0 Å². The van der Waals surface area contributed by atoms with Gasteiger partial charge in [-0.25, -0.2) is 4.98 Å². The number of rotatable bonds is 4. The van der Waals surface area contributed by atoms with Crippen molar-refractivity contribution >= 4 is 0 Å². The Kier molecular flexibility index (Phi) is 3.34. The Balaban J connectivity index is 2.20. The Hall–Kier alpha value is -1.64. The molecule has 16 heavy (non-hydrogen) atoms. The third-order valence-electron chi connectivity index (χ3n) is 2.63. The van der Waals surface area contributed by atoms with Gasteiger partial charge in [0.05, 0.1) is 6.20 Å². The molecule has 1 unspecified atom stereocenters. The zero-order chi connectivity index (χ0) is 11.4. The van der Waals surface area contributed by atoms with Crippen LogP contribution in [0.1, 0.15) is 38.5 Å². The van der Waals surface area contributed by atoms with E-state index >= 15 is 0 Å².